The fourth-order valence-electron chi connectivity index (χ4n) is 3.18. The zero-order valence-corrected chi connectivity index (χ0v) is 17.1. The van der Waals surface area contributed by atoms with E-state index in [0.29, 0.717) is 0 Å². The summed E-state index contributed by atoms with van der Waals surface area (Å²) >= 11 is 0. The Balaban J connectivity index is 4.01. The SMILES string of the molecule is CCCCCCCCCCC(OP(=O)(O)O)C(C)CCCCCC. The van der Waals surface area contributed by atoms with Crippen molar-refractivity contribution in [3.05, 3.63) is 0 Å². The average Bonchev–Trinajstić information content (AvgIpc) is 2.51. The third-order valence-corrected chi connectivity index (χ3v) is 5.31. The quantitative estimate of drug-likeness (QED) is 0.225. The van der Waals surface area contributed by atoms with Crippen molar-refractivity contribution in [1.82, 2.24) is 0 Å². The molecule has 0 aromatic rings. The molecule has 0 radical (unpaired) electrons. The second kappa shape index (κ2) is 15.4. The predicted molar refractivity (Wildman–Crippen MR) is 102 cm³/mol. The molecule has 0 amide bonds. The number of phosphoric acid groups is 1. The molecule has 2 unspecified atom stereocenters. The van der Waals surface area contributed by atoms with Crippen LogP contribution in [0.1, 0.15) is 111 Å². The third kappa shape index (κ3) is 15.6. The van der Waals surface area contributed by atoms with Gasteiger partial charge in [-0.15, -0.1) is 0 Å². The van der Waals surface area contributed by atoms with Crippen molar-refractivity contribution in [3.8, 4) is 0 Å². The lowest BCUT2D eigenvalue weighted by molar-refractivity contribution is 0.0809. The van der Waals surface area contributed by atoms with E-state index in [9.17, 15) is 4.57 Å². The van der Waals surface area contributed by atoms with Crippen LogP contribution in [0.15, 0.2) is 0 Å². The monoisotopic (exact) mass is 364 g/mol. The van der Waals surface area contributed by atoms with E-state index in [1.165, 1.54) is 57.8 Å². The van der Waals surface area contributed by atoms with Crippen LogP contribution >= 0.6 is 7.82 Å². The van der Waals surface area contributed by atoms with Crippen molar-refractivity contribution in [1.29, 1.82) is 0 Å². The molecule has 0 spiro atoms. The van der Waals surface area contributed by atoms with Crippen molar-refractivity contribution >= 4 is 7.82 Å². The highest BCUT2D eigenvalue weighted by atomic mass is 31.2. The summed E-state index contributed by atoms with van der Waals surface area (Å²) < 4.78 is 16.3. The first-order chi connectivity index (χ1) is 11.4. The van der Waals surface area contributed by atoms with Crippen LogP contribution in [-0.2, 0) is 9.09 Å². The highest BCUT2D eigenvalue weighted by Gasteiger charge is 2.26. The molecule has 0 bridgehead atoms. The summed E-state index contributed by atoms with van der Waals surface area (Å²) in [4.78, 5) is 18.3. The standard InChI is InChI=1S/C19H41O4P/c1-4-6-8-10-11-12-13-15-17-19(23-24(20,21)22)18(3)16-14-9-7-5-2/h18-19H,4-17H2,1-3H3,(H2,20,21,22). The van der Waals surface area contributed by atoms with Gasteiger partial charge in [0, 0.05) is 0 Å². The molecule has 0 heterocycles. The minimum absolute atomic E-state index is 0.207. The largest absolute Gasteiger partial charge is 0.469 e. The van der Waals surface area contributed by atoms with Crippen LogP contribution in [-0.4, -0.2) is 15.9 Å². The number of unbranched alkanes of at least 4 members (excludes halogenated alkanes) is 10. The van der Waals surface area contributed by atoms with E-state index in [2.05, 4.69) is 20.8 Å². The molecule has 0 saturated carbocycles. The van der Waals surface area contributed by atoms with Crippen molar-refractivity contribution in [2.45, 2.75) is 117 Å². The molecule has 0 rings (SSSR count). The Morgan fingerprint density at radius 3 is 1.67 bits per heavy atom. The lowest BCUT2D eigenvalue weighted by Crippen LogP contribution is -2.21. The van der Waals surface area contributed by atoms with Crippen LogP contribution in [0.3, 0.4) is 0 Å². The average molecular weight is 365 g/mol. The molecule has 24 heavy (non-hydrogen) atoms. The van der Waals surface area contributed by atoms with Crippen molar-refractivity contribution in [3.63, 3.8) is 0 Å². The minimum atomic E-state index is -4.39. The predicted octanol–water partition coefficient (Wildman–Crippen LogP) is 6.60. The lowest BCUT2D eigenvalue weighted by atomic mass is 9.93. The summed E-state index contributed by atoms with van der Waals surface area (Å²) in [5.41, 5.74) is 0. The van der Waals surface area contributed by atoms with Gasteiger partial charge in [0.2, 0.25) is 0 Å². The second-order valence-corrected chi connectivity index (χ2v) is 8.42. The van der Waals surface area contributed by atoms with Gasteiger partial charge >= 0.3 is 7.82 Å². The van der Waals surface area contributed by atoms with Gasteiger partial charge in [0.25, 0.3) is 0 Å². The lowest BCUT2D eigenvalue weighted by Gasteiger charge is -2.24. The molecule has 0 saturated heterocycles. The Morgan fingerprint density at radius 1 is 0.750 bits per heavy atom. The maximum absolute atomic E-state index is 11.2. The van der Waals surface area contributed by atoms with Crippen LogP contribution < -0.4 is 0 Å². The van der Waals surface area contributed by atoms with E-state index in [1.54, 1.807) is 0 Å². The maximum atomic E-state index is 11.2. The molecule has 2 atom stereocenters. The first-order valence-corrected chi connectivity index (χ1v) is 11.7. The Hall–Kier alpha value is 0.110. The van der Waals surface area contributed by atoms with Gasteiger partial charge in [-0.1, -0.05) is 97.8 Å². The molecule has 146 valence electrons. The van der Waals surface area contributed by atoms with E-state index in [-0.39, 0.29) is 12.0 Å². The molecule has 0 aromatic carbocycles. The van der Waals surface area contributed by atoms with Crippen LogP contribution in [0.25, 0.3) is 0 Å². The summed E-state index contributed by atoms with van der Waals surface area (Å²) in [6, 6.07) is 0. The third-order valence-electron chi connectivity index (χ3n) is 4.76. The summed E-state index contributed by atoms with van der Waals surface area (Å²) in [6.45, 7) is 6.48. The van der Waals surface area contributed by atoms with E-state index in [0.717, 1.165) is 32.1 Å². The van der Waals surface area contributed by atoms with Gasteiger partial charge < -0.3 is 9.79 Å². The molecule has 5 heteroatoms. The molecule has 2 N–H and O–H groups in total. The zero-order valence-electron chi connectivity index (χ0n) is 16.2. The van der Waals surface area contributed by atoms with Gasteiger partial charge in [0.05, 0.1) is 6.10 Å². The topological polar surface area (TPSA) is 66.8 Å². The van der Waals surface area contributed by atoms with Crippen LogP contribution in [0.2, 0.25) is 0 Å². The first kappa shape index (κ1) is 24.1. The molecule has 0 fully saturated rings. The van der Waals surface area contributed by atoms with Gasteiger partial charge in [-0.3, -0.25) is 4.52 Å². The summed E-state index contributed by atoms with van der Waals surface area (Å²) in [6.07, 6.45) is 16.0. The summed E-state index contributed by atoms with van der Waals surface area (Å²) in [5.74, 6) is 0.207. The number of hydrogen-bond donors (Lipinski definition) is 2. The molecule has 4 nitrogen and oxygen atoms in total. The zero-order chi connectivity index (χ0) is 18.3. The number of hydrogen-bond acceptors (Lipinski definition) is 2. The first-order valence-electron chi connectivity index (χ1n) is 10.1. The van der Waals surface area contributed by atoms with Gasteiger partial charge in [0.15, 0.2) is 0 Å². The van der Waals surface area contributed by atoms with E-state index >= 15 is 0 Å². The highest BCUT2D eigenvalue weighted by molar-refractivity contribution is 7.46. The van der Waals surface area contributed by atoms with Crippen LogP contribution in [0, 0.1) is 5.92 Å². The number of rotatable bonds is 17. The highest BCUT2D eigenvalue weighted by Crippen LogP contribution is 2.41. The van der Waals surface area contributed by atoms with Gasteiger partial charge in [-0.25, -0.2) is 4.57 Å². The van der Waals surface area contributed by atoms with E-state index in [4.69, 9.17) is 14.3 Å². The van der Waals surface area contributed by atoms with Crippen LogP contribution in [0.4, 0.5) is 0 Å². The Kier molecular flexibility index (Phi) is 15.4. The van der Waals surface area contributed by atoms with Gasteiger partial charge in [-0.05, 0) is 18.8 Å². The minimum Gasteiger partial charge on any atom is -0.303 e. The Bertz CT molecular complexity index is 316. The Labute approximate surface area is 150 Å². The van der Waals surface area contributed by atoms with Gasteiger partial charge in [-0.2, -0.15) is 0 Å². The molecular formula is C19H41O4P. The van der Waals surface area contributed by atoms with Crippen molar-refractivity contribution in [2.24, 2.45) is 5.92 Å². The number of phosphoric ester groups is 1. The molecule has 0 aliphatic carbocycles. The smallest absolute Gasteiger partial charge is 0.303 e. The summed E-state index contributed by atoms with van der Waals surface area (Å²) in [5, 5.41) is 0. The van der Waals surface area contributed by atoms with E-state index < -0.39 is 7.82 Å². The fraction of sp³-hybridized carbons (Fsp3) is 1.00. The van der Waals surface area contributed by atoms with Crippen molar-refractivity contribution < 1.29 is 18.9 Å². The normalized spacial score (nSPS) is 14.7. The van der Waals surface area contributed by atoms with E-state index in [1.807, 2.05) is 0 Å². The maximum Gasteiger partial charge on any atom is 0.469 e. The molecule has 0 aromatic heterocycles. The Morgan fingerprint density at radius 2 is 1.17 bits per heavy atom. The fourth-order valence-corrected chi connectivity index (χ4v) is 3.84. The van der Waals surface area contributed by atoms with Gasteiger partial charge in [0.1, 0.15) is 0 Å². The molecule has 0 aliphatic heterocycles. The second-order valence-electron chi connectivity index (χ2n) is 7.22. The molecule has 0 aliphatic rings. The summed E-state index contributed by atoms with van der Waals surface area (Å²) in [7, 11) is -4.39. The van der Waals surface area contributed by atoms with Crippen LogP contribution in [0.5, 0.6) is 0 Å². The van der Waals surface area contributed by atoms with Crippen molar-refractivity contribution in [2.75, 3.05) is 0 Å². The molecular weight excluding hydrogens is 323 g/mol.